The number of carbonyl (C=O) groups is 2. The van der Waals surface area contributed by atoms with Crippen LogP contribution in [0.4, 0.5) is 17.1 Å². The predicted octanol–water partition coefficient (Wildman–Crippen LogP) is 6.14. The van der Waals surface area contributed by atoms with Gasteiger partial charge in [-0.2, -0.15) is 0 Å². The zero-order valence-electron chi connectivity index (χ0n) is 35.9. The average Bonchev–Trinajstić information content (AvgIpc) is 3.47. The molecule has 2 fully saturated rings. The van der Waals surface area contributed by atoms with Crippen LogP contribution in [0.2, 0.25) is 22.2 Å². The molecule has 0 saturated carbocycles. The van der Waals surface area contributed by atoms with Crippen molar-refractivity contribution in [3.8, 4) is 11.5 Å². The van der Waals surface area contributed by atoms with Crippen LogP contribution in [-0.4, -0.2) is 94.1 Å². The van der Waals surface area contributed by atoms with Crippen molar-refractivity contribution in [2.24, 2.45) is 11.5 Å². The molecule has 2 aliphatic rings. The van der Waals surface area contributed by atoms with Gasteiger partial charge in [0.2, 0.25) is 11.8 Å². The number of rotatable bonds is 20. The number of fused-ring (bicyclic) bond motifs is 1. The van der Waals surface area contributed by atoms with Gasteiger partial charge in [-0.25, -0.2) is 0 Å². The Labute approximate surface area is 346 Å². The summed E-state index contributed by atoms with van der Waals surface area (Å²) in [7, 11) is -2.53. The summed E-state index contributed by atoms with van der Waals surface area (Å²) in [6, 6.07) is 6.24. The summed E-state index contributed by atoms with van der Waals surface area (Å²) >= 11 is 0. The number of nitrogens with two attached hydrogens (primary N) is 4. The van der Waals surface area contributed by atoms with Crippen LogP contribution in [0.3, 0.4) is 0 Å². The fraction of sp³-hybridized carbons (Fsp3) is 0.610. The lowest BCUT2D eigenvalue weighted by atomic mass is 10.0. The number of hydrogen-bond acceptors (Lipinski definition) is 13. The fourth-order valence-electron chi connectivity index (χ4n) is 7.86. The molecule has 9 N–H and O–H groups in total. The average molecular weight is 846 g/mol. The van der Waals surface area contributed by atoms with Crippen LogP contribution in [0.1, 0.15) is 94.5 Å². The number of benzene rings is 2. The Morgan fingerprint density at radius 2 is 1.45 bits per heavy atom. The minimum absolute atomic E-state index is 0.150. The standard InChI is InChI=1S/C41H67N5O10Si2/c1-24(2)57(25(3)4)53-23-35-37(55-58(56-57,26(5)6)27(7)8)38(41(50-10)54-35)52-18-14-17-51-33-21-28(39(44)47)19-31(42)30(33)15-12-11-13-16-46-36-32(43)20-29(40(45)48)22-34(36)49-9/h11,13,19-22,24-27,35,37-38,41,46H,12,14-18,23,42-43H2,1-10H3,(H2,44,47)(H2,45,48)/b13-11+/t35-,37-,38-,41-/m1/s1. The quantitative estimate of drug-likeness (QED) is 0.0438. The van der Waals surface area contributed by atoms with E-state index in [4.69, 9.17) is 59.6 Å². The predicted molar refractivity (Wildman–Crippen MR) is 231 cm³/mol. The first kappa shape index (κ1) is 47.0. The van der Waals surface area contributed by atoms with Crippen LogP contribution < -0.4 is 37.7 Å². The Morgan fingerprint density at radius 1 is 0.845 bits per heavy atom. The van der Waals surface area contributed by atoms with Gasteiger partial charge >= 0.3 is 17.1 Å². The highest BCUT2D eigenvalue weighted by atomic mass is 28.5. The van der Waals surface area contributed by atoms with E-state index in [2.05, 4.69) is 60.7 Å². The van der Waals surface area contributed by atoms with Gasteiger partial charge in [-0.15, -0.1) is 0 Å². The molecule has 2 aliphatic heterocycles. The molecule has 4 rings (SSSR count). The number of hydrogen-bond donors (Lipinski definition) is 5. The minimum Gasteiger partial charge on any atom is -0.494 e. The minimum atomic E-state index is -2.91. The van der Waals surface area contributed by atoms with E-state index in [1.165, 1.54) is 13.2 Å². The first-order valence-corrected chi connectivity index (χ1v) is 24.2. The third-order valence-electron chi connectivity index (χ3n) is 11.0. The lowest BCUT2D eigenvalue weighted by Gasteiger charge is -2.51. The first-order valence-electron chi connectivity index (χ1n) is 20.2. The fourth-order valence-corrected chi connectivity index (χ4v) is 19.1. The molecule has 2 heterocycles. The molecular weight excluding hydrogens is 779 g/mol. The highest BCUT2D eigenvalue weighted by molar-refractivity contribution is 6.84. The van der Waals surface area contributed by atoms with Crippen LogP contribution in [0.25, 0.3) is 0 Å². The van der Waals surface area contributed by atoms with E-state index in [-0.39, 0.29) is 46.0 Å². The molecule has 2 amide bonds. The Hall–Kier alpha value is -3.69. The number of allylic oxidation sites excluding steroid dienone is 1. The van der Waals surface area contributed by atoms with E-state index >= 15 is 0 Å². The van der Waals surface area contributed by atoms with Gasteiger partial charge in [-0.1, -0.05) is 67.5 Å². The molecule has 17 heteroatoms. The molecule has 4 atom stereocenters. The number of ether oxygens (including phenoxy) is 5. The number of methoxy groups -OCH3 is 2. The van der Waals surface area contributed by atoms with Crippen molar-refractivity contribution < 1.29 is 46.2 Å². The Bertz CT molecular complexity index is 1730. The van der Waals surface area contributed by atoms with Crippen molar-refractivity contribution in [1.29, 1.82) is 0 Å². The molecule has 0 aliphatic carbocycles. The largest absolute Gasteiger partial charge is 0.494 e. The zero-order chi connectivity index (χ0) is 42.9. The normalized spacial score (nSPS) is 21.7. The molecule has 0 spiro atoms. The molecule has 0 radical (unpaired) electrons. The Morgan fingerprint density at radius 3 is 2.02 bits per heavy atom. The summed E-state index contributed by atoms with van der Waals surface area (Å²) in [6.45, 7) is 18.9. The van der Waals surface area contributed by atoms with Crippen LogP contribution >= 0.6 is 0 Å². The SMILES string of the molecule is COc1cc(C(N)=O)cc(N)c1NC/C=C/CCc1c(N)cc(C(N)=O)cc1OCCCO[C@H]1[C@H](OC)O[C@@H]2CO[Si](C(C)C)(C(C)C)O[Si](C(C)C)(C(C)C)O[C@@H]12. The molecule has 0 unspecified atom stereocenters. The topological polar surface area (TPSA) is 224 Å². The van der Waals surface area contributed by atoms with E-state index < -0.39 is 47.4 Å². The van der Waals surface area contributed by atoms with Gasteiger partial charge in [0, 0.05) is 42.5 Å². The van der Waals surface area contributed by atoms with E-state index in [1.54, 1.807) is 25.3 Å². The summed E-state index contributed by atoms with van der Waals surface area (Å²) in [4.78, 5) is 23.8. The monoisotopic (exact) mass is 845 g/mol. The van der Waals surface area contributed by atoms with Gasteiger partial charge in [0.25, 0.3) is 0 Å². The number of anilines is 3. The van der Waals surface area contributed by atoms with Crippen LogP contribution in [0, 0.1) is 0 Å². The number of primary amides is 2. The summed E-state index contributed by atoms with van der Waals surface area (Å²) in [5.41, 5.74) is 26.9. The van der Waals surface area contributed by atoms with Gasteiger partial charge in [0.1, 0.15) is 35.5 Å². The van der Waals surface area contributed by atoms with Crippen molar-refractivity contribution in [2.45, 2.75) is 121 Å². The van der Waals surface area contributed by atoms with E-state index in [9.17, 15) is 9.59 Å². The molecule has 15 nitrogen and oxygen atoms in total. The molecule has 324 valence electrons. The summed E-state index contributed by atoms with van der Waals surface area (Å²) in [6.07, 6.45) is 3.62. The first-order chi connectivity index (χ1) is 27.4. The molecule has 2 aromatic carbocycles. The van der Waals surface area contributed by atoms with Gasteiger partial charge < -0.3 is 64.9 Å². The lowest BCUT2D eigenvalue weighted by Crippen LogP contribution is -2.66. The second-order valence-corrected chi connectivity index (χ2v) is 25.0. The molecule has 0 bridgehead atoms. The second kappa shape index (κ2) is 20.5. The van der Waals surface area contributed by atoms with Gasteiger partial charge in [0.15, 0.2) is 6.29 Å². The van der Waals surface area contributed by atoms with Crippen molar-refractivity contribution in [3.05, 3.63) is 53.1 Å². The smallest absolute Gasteiger partial charge is 0.335 e. The molecule has 58 heavy (non-hydrogen) atoms. The highest BCUT2D eigenvalue weighted by Crippen LogP contribution is 2.48. The third-order valence-corrected chi connectivity index (χ3v) is 21.2. The van der Waals surface area contributed by atoms with Gasteiger partial charge in [0.05, 0.1) is 32.6 Å². The maximum atomic E-state index is 12.1. The van der Waals surface area contributed by atoms with E-state index in [1.807, 2.05) is 12.2 Å². The van der Waals surface area contributed by atoms with Crippen molar-refractivity contribution in [2.75, 3.05) is 57.4 Å². The maximum absolute atomic E-state index is 12.1. The number of carbonyl (C=O) groups excluding carboxylic acids is 2. The Kier molecular flexibility index (Phi) is 16.6. The Balaban J connectivity index is 1.41. The molecule has 2 saturated heterocycles. The highest BCUT2D eigenvalue weighted by Gasteiger charge is 2.62. The summed E-state index contributed by atoms with van der Waals surface area (Å²) in [5.74, 6) is -0.304. The lowest BCUT2D eigenvalue weighted by molar-refractivity contribution is -0.165. The van der Waals surface area contributed by atoms with Gasteiger partial charge in [-0.05, 0) is 59.3 Å². The maximum Gasteiger partial charge on any atom is 0.335 e. The van der Waals surface area contributed by atoms with Crippen LogP contribution in [0.5, 0.6) is 11.5 Å². The van der Waals surface area contributed by atoms with Crippen molar-refractivity contribution in [1.82, 2.24) is 0 Å². The number of nitrogen functional groups attached to an aromatic ring is 2. The molecular formula is C41H67N5O10Si2. The van der Waals surface area contributed by atoms with E-state index in [0.717, 1.165) is 5.56 Å². The summed E-state index contributed by atoms with van der Waals surface area (Å²) in [5, 5.41) is 3.22. The number of nitrogens with one attached hydrogen (secondary N) is 1. The zero-order valence-corrected chi connectivity index (χ0v) is 37.9. The number of amides is 2. The molecule has 2 aromatic rings. The van der Waals surface area contributed by atoms with Crippen LogP contribution in [-0.2, 0) is 33.6 Å². The van der Waals surface area contributed by atoms with Crippen molar-refractivity contribution >= 4 is 46.0 Å². The summed E-state index contributed by atoms with van der Waals surface area (Å²) < 4.78 is 51.9. The molecule has 0 aromatic heterocycles. The van der Waals surface area contributed by atoms with Crippen LogP contribution in [0.15, 0.2) is 36.4 Å². The van der Waals surface area contributed by atoms with Crippen molar-refractivity contribution in [3.63, 3.8) is 0 Å². The van der Waals surface area contributed by atoms with E-state index in [0.29, 0.717) is 67.6 Å². The van der Waals surface area contributed by atoms with Gasteiger partial charge in [-0.3, -0.25) is 9.59 Å². The second-order valence-electron chi connectivity index (χ2n) is 16.2. The third kappa shape index (κ3) is 10.5.